The summed E-state index contributed by atoms with van der Waals surface area (Å²) in [5.41, 5.74) is 0.972. The lowest BCUT2D eigenvalue weighted by Crippen LogP contribution is -2.34. The number of esters is 1. The second kappa shape index (κ2) is 9.62. The summed E-state index contributed by atoms with van der Waals surface area (Å²) in [6, 6.07) is 5.72. The van der Waals surface area contributed by atoms with E-state index in [4.69, 9.17) is 14.2 Å². The van der Waals surface area contributed by atoms with Gasteiger partial charge in [-0.3, -0.25) is 9.59 Å². The molecule has 1 saturated carbocycles. The van der Waals surface area contributed by atoms with Gasteiger partial charge in [0.05, 0.1) is 13.0 Å². The molecule has 2 aliphatic rings. The Bertz CT molecular complexity index is 654. The minimum Gasteiger partial charge on any atom is -0.466 e. The molecule has 1 aromatic carbocycles. The van der Waals surface area contributed by atoms with E-state index in [1.54, 1.807) is 11.8 Å². The van der Waals surface area contributed by atoms with Crippen LogP contribution in [0, 0.1) is 5.92 Å². The van der Waals surface area contributed by atoms with Gasteiger partial charge in [0.25, 0.3) is 0 Å². The summed E-state index contributed by atoms with van der Waals surface area (Å²) in [5.74, 6) is 1.75. The molecule has 0 spiro atoms. The molecular weight excluding hydrogens is 346 g/mol. The Balaban J connectivity index is 1.64. The van der Waals surface area contributed by atoms with E-state index in [0.717, 1.165) is 24.2 Å². The van der Waals surface area contributed by atoms with Crippen molar-refractivity contribution in [2.45, 2.75) is 58.4 Å². The van der Waals surface area contributed by atoms with Gasteiger partial charge in [0.1, 0.15) is 0 Å². The predicted octanol–water partition coefficient (Wildman–Crippen LogP) is 3.67. The van der Waals surface area contributed by atoms with Crippen LogP contribution in [-0.4, -0.2) is 36.7 Å². The van der Waals surface area contributed by atoms with E-state index in [-0.39, 0.29) is 25.1 Å². The van der Waals surface area contributed by atoms with E-state index in [0.29, 0.717) is 37.8 Å². The monoisotopic (exact) mass is 375 g/mol. The molecule has 1 heterocycles. The van der Waals surface area contributed by atoms with E-state index >= 15 is 0 Å². The molecule has 0 radical (unpaired) electrons. The molecule has 1 aromatic rings. The Kier molecular flexibility index (Phi) is 6.96. The van der Waals surface area contributed by atoms with E-state index in [2.05, 4.69) is 0 Å². The maximum Gasteiger partial charge on any atom is 0.307 e. The van der Waals surface area contributed by atoms with Crippen molar-refractivity contribution in [2.24, 2.45) is 5.92 Å². The van der Waals surface area contributed by atoms with Crippen LogP contribution in [0.4, 0.5) is 0 Å². The lowest BCUT2D eigenvalue weighted by atomic mass is 9.86. The largest absolute Gasteiger partial charge is 0.466 e. The molecule has 0 N–H and O–H groups in total. The Hall–Kier alpha value is -2.24. The molecule has 1 fully saturated rings. The number of amides is 1. The maximum atomic E-state index is 12.9. The van der Waals surface area contributed by atoms with E-state index in [9.17, 15) is 9.59 Å². The third kappa shape index (κ3) is 5.62. The SMILES string of the molecule is CCOC(=O)CCN(Cc1ccc2c(c1)OCO2)C(=O)CC1CCCCC1. The molecule has 0 atom stereocenters. The number of benzene rings is 1. The quantitative estimate of drug-likeness (QED) is 0.649. The van der Waals surface area contributed by atoms with Crippen LogP contribution in [0.1, 0.15) is 57.4 Å². The minimum absolute atomic E-state index is 0.115. The zero-order valence-electron chi connectivity index (χ0n) is 16.1. The van der Waals surface area contributed by atoms with Crippen LogP contribution >= 0.6 is 0 Å². The summed E-state index contributed by atoms with van der Waals surface area (Å²) in [4.78, 5) is 26.5. The van der Waals surface area contributed by atoms with Crippen molar-refractivity contribution in [3.63, 3.8) is 0 Å². The summed E-state index contributed by atoms with van der Waals surface area (Å²) < 4.78 is 15.8. The minimum atomic E-state index is -0.265. The van der Waals surface area contributed by atoms with Gasteiger partial charge in [0.2, 0.25) is 12.7 Å². The van der Waals surface area contributed by atoms with Crippen molar-refractivity contribution >= 4 is 11.9 Å². The number of carbonyl (C=O) groups excluding carboxylic acids is 2. The van der Waals surface area contributed by atoms with Gasteiger partial charge in [-0.2, -0.15) is 0 Å². The van der Waals surface area contributed by atoms with Gasteiger partial charge < -0.3 is 19.1 Å². The first-order valence-electron chi connectivity index (χ1n) is 9.97. The van der Waals surface area contributed by atoms with Crippen LogP contribution < -0.4 is 9.47 Å². The molecule has 6 heteroatoms. The van der Waals surface area contributed by atoms with E-state index in [1.807, 2.05) is 18.2 Å². The molecule has 6 nitrogen and oxygen atoms in total. The fourth-order valence-electron chi connectivity index (χ4n) is 3.78. The van der Waals surface area contributed by atoms with Gasteiger partial charge in [-0.1, -0.05) is 25.3 Å². The average Bonchev–Trinajstić information content (AvgIpc) is 3.14. The normalized spacial score (nSPS) is 16.2. The first-order valence-corrected chi connectivity index (χ1v) is 9.97. The highest BCUT2D eigenvalue weighted by Crippen LogP contribution is 2.33. The van der Waals surface area contributed by atoms with Gasteiger partial charge >= 0.3 is 5.97 Å². The summed E-state index contributed by atoms with van der Waals surface area (Å²) in [6.07, 6.45) is 6.73. The topological polar surface area (TPSA) is 65.1 Å². The number of hydrogen-bond acceptors (Lipinski definition) is 5. The highest BCUT2D eigenvalue weighted by Gasteiger charge is 2.23. The Morgan fingerprint density at radius 1 is 1.15 bits per heavy atom. The summed E-state index contributed by atoms with van der Waals surface area (Å²) in [5, 5.41) is 0. The number of ether oxygens (including phenoxy) is 3. The molecule has 1 aliphatic carbocycles. The first kappa shape index (κ1) is 19.5. The van der Waals surface area contributed by atoms with Crippen molar-refractivity contribution < 1.29 is 23.8 Å². The highest BCUT2D eigenvalue weighted by molar-refractivity contribution is 5.77. The van der Waals surface area contributed by atoms with Crippen molar-refractivity contribution in [2.75, 3.05) is 19.9 Å². The second-order valence-corrected chi connectivity index (χ2v) is 7.27. The van der Waals surface area contributed by atoms with E-state index in [1.165, 1.54) is 19.3 Å². The lowest BCUT2D eigenvalue weighted by Gasteiger charge is -2.27. The Labute approximate surface area is 160 Å². The average molecular weight is 375 g/mol. The van der Waals surface area contributed by atoms with Crippen molar-refractivity contribution in [3.8, 4) is 11.5 Å². The van der Waals surface area contributed by atoms with Gasteiger partial charge in [0, 0.05) is 19.5 Å². The molecule has 0 unspecified atom stereocenters. The Morgan fingerprint density at radius 3 is 2.70 bits per heavy atom. The standard InChI is InChI=1S/C21H29NO5/c1-2-25-21(24)10-11-22(20(23)13-16-6-4-3-5-7-16)14-17-8-9-18-19(12-17)27-15-26-18/h8-9,12,16H,2-7,10-11,13-15H2,1H3. The van der Waals surface area contributed by atoms with Crippen LogP contribution in [0.5, 0.6) is 11.5 Å². The molecule has 1 amide bonds. The maximum absolute atomic E-state index is 12.9. The third-order valence-corrected chi connectivity index (χ3v) is 5.24. The number of nitrogens with zero attached hydrogens (tertiary/aromatic N) is 1. The fraction of sp³-hybridized carbons (Fsp3) is 0.619. The van der Waals surface area contributed by atoms with E-state index < -0.39 is 0 Å². The predicted molar refractivity (Wildman–Crippen MR) is 100 cm³/mol. The Morgan fingerprint density at radius 2 is 1.93 bits per heavy atom. The number of carbonyl (C=O) groups is 2. The zero-order valence-corrected chi connectivity index (χ0v) is 16.1. The fourth-order valence-corrected chi connectivity index (χ4v) is 3.78. The van der Waals surface area contributed by atoms with Gasteiger partial charge in [0.15, 0.2) is 11.5 Å². The number of fused-ring (bicyclic) bond motifs is 1. The van der Waals surface area contributed by atoms with Crippen LogP contribution in [0.3, 0.4) is 0 Å². The second-order valence-electron chi connectivity index (χ2n) is 7.27. The highest BCUT2D eigenvalue weighted by atomic mass is 16.7. The van der Waals surface area contributed by atoms with Crippen LogP contribution in [-0.2, 0) is 20.9 Å². The molecule has 3 rings (SSSR count). The van der Waals surface area contributed by atoms with Crippen LogP contribution in [0.2, 0.25) is 0 Å². The molecular formula is C21H29NO5. The molecule has 0 saturated heterocycles. The van der Waals surface area contributed by atoms with Gasteiger partial charge in [-0.25, -0.2) is 0 Å². The molecule has 0 aromatic heterocycles. The summed E-state index contributed by atoms with van der Waals surface area (Å²) >= 11 is 0. The zero-order chi connectivity index (χ0) is 19.1. The van der Waals surface area contributed by atoms with Gasteiger partial charge in [-0.15, -0.1) is 0 Å². The van der Waals surface area contributed by atoms with Crippen LogP contribution in [0.15, 0.2) is 18.2 Å². The summed E-state index contributed by atoms with van der Waals surface area (Å²) in [6.45, 7) is 3.21. The van der Waals surface area contributed by atoms with Crippen molar-refractivity contribution in [3.05, 3.63) is 23.8 Å². The molecule has 0 bridgehead atoms. The molecule has 148 valence electrons. The smallest absolute Gasteiger partial charge is 0.307 e. The number of rotatable bonds is 8. The summed E-state index contributed by atoms with van der Waals surface area (Å²) in [7, 11) is 0. The number of hydrogen-bond donors (Lipinski definition) is 0. The lowest BCUT2D eigenvalue weighted by molar-refractivity contribution is -0.144. The third-order valence-electron chi connectivity index (χ3n) is 5.24. The van der Waals surface area contributed by atoms with Gasteiger partial charge in [-0.05, 0) is 43.4 Å². The first-order chi connectivity index (χ1) is 13.2. The molecule has 1 aliphatic heterocycles. The van der Waals surface area contributed by atoms with Crippen molar-refractivity contribution in [1.82, 2.24) is 4.90 Å². The van der Waals surface area contributed by atoms with Crippen molar-refractivity contribution in [1.29, 1.82) is 0 Å². The van der Waals surface area contributed by atoms with Crippen LogP contribution in [0.25, 0.3) is 0 Å². The molecule has 27 heavy (non-hydrogen) atoms.